The average molecular weight is 251 g/mol. The largest absolute Gasteiger partial charge is 0.494 e. The third-order valence-electron chi connectivity index (χ3n) is 2.34. The normalized spacial score (nSPS) is 13.5. The highest BCUT2D eigenvalue weighted by Crippen LogP contribution is 2.28. The Morgan fingerprint density at radius 1 is 1.35 bits per heavy atom. The molecule has 0 aromatic heterocycles. The Kier molecular flexibility index (Phi) is 4.34. The number of nitrogens with two attached hydrogens (primary N) is 1. The molecule has 1 aromatic rings. The quantitative estimate of drug-likeness (QED) is 0.834. The first-order valence-electron chi connectivity index (χ1n) is 4.99. The smallest absolute Gasteiger partial charge is 0.389 e. The molecule has 1 atom stereocenters. The molecule has 96 valence electrons. The van der Waals surface area contributed by atoms with Crippen molar-refractivity contribution in [3.05, 3.63) is 29.6 Å². The summed E-state index contributed by atoms with van der Waals surface area (Å²) in [6.07, 6.45) is -5.50. The lowest BCUT2D eigenvalue weighted by Crippen LogP contribution is -2.16. The second-order valence-corrected chi connectivity index (χ2v) is 3.65. The van der Waals surface area contributed by atoms with Crippen LogP contribution in [0.1, 0.15) is 24.4 Å². The van der Waals surface area contributed by atoms with Gasteiger partial charge < -0.3 is 10.5 Å². The van der Waals surface area contributed by atoms with E-state index in [2.05, 4.69) is 0 Å². The second-order valence-electron chi connectivity index (χ2n) is 3.65. The second kappa shape index (κ2) is 5.35. The van der Waals surface area contributed by atoms with Crippen LogP contribution in [0.15, 0.2) is 18.2 Å². The molecular weight excluding hydrogens is 238 g/mol. The number of hydrogen-bond acceptors (Lipinski definition) is 2. The highest BCUT2D eigenvalue weighted by atomic mass is 19.4. The fourth-order valence-electron chi connectivity index (χ4n) is 1.40. The van der Waals surface area contributed by atoms with Crippen LogP contribution in [0.5, 0.6) is 5.75 Å². The first kappa shape index (κ1) is 13.8. The summed E-state index contributed by atoms with van der Waals surface area (Å²) in [6, 6.07) is 3.07. The van der Waals surface area contributed by atoms with Gasteiger partial charge in [0.25, 0.3) is 0 Å². The van der Waals surface area contributed by atoms with Crippen LogP contribution in [0, 0.1) is 5.82 Å². The topological polar surface area (TPSA) is 35.2 Å². The molecule has 0 aliphatic rings. The van der Waals surface area contributed by atoms with Gasteiger partial charge in [0.05, 0.1) is 7.11 Å². The number of rotatable bonds is 4. The van der Waals surface area contributed by atoms with Gasteiger partial charge in [-0.05, 0) is 24.1 Å². The van der Waals surface area contributed by atoms with Crippen molar-refractivity contribution >= 4 is 0 Å². The minimum Gasteiger partial charge on any atom is -0.494 e. The van der Waals surface area contributed by atoms with Crippen molar-refractivity contribution in [1.82, 2.24) is 0 Å². The van der Waals surface area contributed by atoms with Crippen LogP contribution in [0.4, 0.5) is 17.6 Å². The zero-order valence-corrected chi connectivity index (χ0v) is 9.22. The van der Waals surface area contributed by atoms with E-state index in [1.165, 1.54) is 19.2 Å². The molecule has 0 saturated heterocycles. The van der Waals surface area contributed by atoms with Crippen molar-refractivity contribution in [1.29, 1.82) is 0 Å². The van der Waals surface area contributed by atoms with Gasteiger partial charge in [-0.25, -0.2) is 4.39 Å². The van der Waals surface area contributed by atoms with Gasteiger partial charge in [0.2, 0.25) is 0 Å². The van der Waals surface area contributed by atoms with Crippen molar-refractivity contribution in [3.63, 3.8) is 0 Å². The van der Waals surface area contributed by atoms with Gasteiger partial charge in [0.1, 0.15) is 0 Å². The van der Waals surface area contributed by atoms with Gasteiger partial charge in [-0.3, -0.25) is 0 Å². The van der Waals surface area contributed by atoms with E-state index in [0.717, 1.165) is 6.07 Å². The molecule has 1 aromatic carbocycles. The Labute approximate surface area is 96.4 Å². The van der Waals surface area contributed by atoms with Crippen LogP contribution >= 0.6 is 0 Å². The molecule has 2 nitrogen and oxygen atoms in total. The van der Waals surface area contributed by atoms with Crippen molar-refractivity contribution in [3.8, 4) is 5.75 Å². The van der Waals surface area contributed by atoms with E-state index in [4.69, 9.17) is 10.5 Å². The lowest BCUT2D eigenvalue weighted by atomic mass is 10.0. The van der Waals surface area contributed by atoms with Crippen LogP contribution in [0.3, 0.4) is 0 Å². The Morgan fingerprint density at radius 3 is 2.47 bits per heavy atom. The minimum atomic E-state index is -4.25. The van der Waals surface area contributed by atoms with Crippen molar-refractivity contribution in [2.45, 2.75) is 25.1 Å². The zero-order chi connectivity index (χ0) is 13.1. The minimum absolute atomic E-state index is 0.0387. The van der Waals surface area contributed by atoms with Gasteiger partial charge in [-0.15, -0.1) is 0 Å². The molecule has 0 heterocycles. The predicted octanol–water partition coefficient (Wildman–Crippen LogP) is 3.18. The third-order valence-corrected chi connectivity index (χ3v) is 2.34. The van der Waals surface area contributed by atoms with Crippen LogP contribution < -0.4 is 10.5 Å². The van der Waals surface area contributed by atoms with Gasteiger partial charge in [-0.2, -0.15) is 13.2 Å². The number of benzene rings is 1. The van der Waals surface area contributed by atoms with E-state index in [9.17, 15) is 17.6 Å². The molecule has 0 aliphatic heterocycles. The van der Waals surface area contributed by atoms with Crippen LogP contribution in [0.2, 0.25) is 0 Å². The molecule has 17 heavy (non-hydrogen) atoms. The number of ether oxygens (including phenoxy) is 1. The van der Waals surface area contributed by atoms with Crippen LogP contribution in [-0.4, -0.2) is 13.3 Å². The SMILES string of the molecule is COc1ccc([C@H](N)CCC(F)(F)F)cc1F. The monoisotopic (exact) mass is 251 g/mol. The summed E-state index contributed by atoms with van der Waals surface area (Å²) in [5.41, 5.74) is 5.88. The summed E-state index contributed by atoms with van der Waals surface area (Å²) >= 11 is 0. The average Bonchev–Trinajstić information content (AvgIpc) is 2.24. The van der Waals surface area contributed by atoms with Crippen molar-refractivity contribution in [2.24, 2.45) is 5.73 Å². The molecule has 6 heteroatoms. The van der Waals surface area contributed by atoms with E-state index in [-0.39, 0.29) is 12.2 Å². The summed E-state index contributed by atoms with van der Waals surface area (Å²) in [7, 11) is 1.31. The Bertz CT molecular complexity index is 378. The van der Waals surface area contributed by atoms with Crippen molar-refractivity contribution in [2.75, 3.05) is 7.11 Å². The summed E-state index contributed by atoms with van der Waals surface area (Å²) in [6.45, 7) is 0. The number of alkyl halides is 3. The molecule has 1 rings (SSSR count). The molecule has 2 N–H and O–H groups in total. The molecule has 0 bridgehead atoms. The molecular formula is C11H13F4NO. The fraction of sp³-hybridized carbons (Fsp3) is 0.455. The van der Waals surface area contributed by atoms with E-state index in [0.29, 0.717) is 5.56 Å². The molecule has 0 radical (unpaired) electrons. The maximum Gasteiger partial charge on any atom is 0.389 e. The highest BCUT2D eigenvalue weighted by molar-refractivity contribution is 5.30. The highest BCUT2D eigenvalue weighted by Gasteiger charge is 2.27. The number of methoxy groups -OCH3 is 1. The molecule has 0 unspecified atom stereocenters. The van der Waals surface area contributed by atoms with Crippen LogP contribution in [-0.2, 0) is 0 Å². The first-order valence-corrected chi connectivity index (χ1v) is 4.99. The molecule has 0 aliphatic carbocycles. The number of hydrogen-bond donors (Lipinski definition) is 1. The maximum atomic E-state index is 13.3. The standard InChI is InChI=1S/C11H13F4NO/c1-17-10-3-2-7(6-8(10)12)9(16)4-5-11(13,14)15/h2-3,6,9H,4-5,16H2,1H3/t9-/m1/s1. The van der Waals surface area contributed by atoms with E-state index in [1.807, 2.05) is 0 Å². The van der Waals surface area contributed by atoms with Gasteiger partial charge in [0.15, 0.2) is 11.6 Å². The third kappa shape index (κ3) is 4.22. The molecule has 0 spiro atoms. The summed E-state index contributed by atoms with van der Waals surface area (Å²) in [5.74, 6) is -0.593. The summed E-state index contributed by atoms with van der Waals surface area (Å²) < 4.78 is 53.9. The van der Waals surface area contributed by atoms with E-state index < -0.39 is 24.5 Å². The first-order chi connectivity index (χ1) is 7.83. The Morgan fingerprint density at radius 2 is 2.00 bits per heavy atom. The predicted molar refractivity (Wildman–Crippen MR) is 55.2 cm³/mol. The zero-order valence-electron chi connectivity index (χ0n) is 9.22. The van der Waals surface area contributed by atoms with Gasteiger partial charge in [-0.1, -0.05) is 6.07 Å². The maximum absolute atomic E-state index is 13.3. The Balaban J connectivity index is 2.69. The van der Waals surface area contributed by atoms with E-state index in [1.54, 1.807) is 0 Å². The molecule has 0 amide bonds. The van der Waals surface area contributed by atoms with Gasteiger partial charge >= 0.3 is 6.18 Å². The lowest BCUT2D eigenvalue weighted by Gasteiger charge is -2.14. The molecule has 0 fully saturated rings. The molecule has 0 saturated carbocycles. The lowest BCUT2D eigenvalue weighted by molar-refractivity contribution is -0.136. The summed E-state index contributed by atoms with van der Waals surface area (Å²) in [4.78, 5) is 0. The van der Waals surface area contributed by atoms with Crippen LogP contribution in [0.25, 0.3) is 0 Å². The fourth-order valence-corrected chi connectivity index (χ4v) is 1.40. The van der Waals surface area contributed by atoms with Gasteiger partial charge in [0, 0.05) is 12.5 Å². The van der Waals surface area contributed by atoms with Crippen molar-refractivity contribution < 1.29 is 22.3 Å². The van der Waals surface area contributed by atoms with E-state index >= 15 is 0 Å². The Hall–Kier alpha value is -1.30. The number of halogens is 4. The summed E-state index contributed by atoms with van der Waals surface area (Å²) in [5, 5.41) is 0.